The van der Waals surface area contributed by atoms with E-state index < -0.39 is 0 Å². The van der Waals surface area contributed by atoms with Crippen molar-refractivity contribution in [2.45, 2.75) is 32.0 Å². The Morgan fingerprint density at radius 1 is 1.62 bits per heavy atom. The quantitative estimate of drug-likeness (QED) is 0.542. The van der Waals surface area contributed by atoms with E-state index in [9.17, 15) is 0 Å². The van der Waals surface area contributed by atoms with E-state index in [1.807, 2.05) is 6.92 Å². The van der Waals surface area contributed by atoms with Crippen molar-refractivity contribution < 1.29 is 9.84 Å². The summed E-state index contributed by atoms with van der Waals surface area (Å²) >= 11 is 0. The summed E-state index contributed by atoms with van der Waals surface area (Å²) in [6.07, 6.45) is 2.63. The van der Waals surface area contributed by atoms with Crippen molar-refractivity contribution in [2.24, 2.45) is 0 Å². The highest BCUT2D eigenvalue weighted by atomic mass is 16.5. The lowest BCUT2D eigenvalue weighted by molar-refractivity contribution is 0.0198. The molecule has 0 unspecified atom stereocenters. The second-order valence-corrected chi connectivity index (χ2v) is 2.33. The van der Waals surface area contributed by atoms with E-state index in [4.69, 9.17) is 9.84 Å². The highest BCUT2D eigenvalue weighted by Crippen LogP contribution is 2.17. The Balaban J connectivity index is 2.22. The molecule has 0 aromatic carbocycles. The van der Waals surface area contributed by atoms with Crippen LogP contribution >= 0.6 is 0 Å². The first kappa shape index (κ1) is 6.05. The van der Waals surface area contributed by atoms with Crippen molar-refractivity contribution in [1.82, 2.24) is 0 Å². The van der Waals surface area contributed by atoms with Gasteiger partial charge in [-0.1, -0.05) is 0 Å². The Hall–Kier alpha value is -0.0800. The van der Waals surface area contributed by atoms with Gasteiger partial charge in [0.2, 0.25) is 0 Å². The molecule has 1 heterocycles. The molecule has 1 N–H and O–H groups in total. The monoisotopic (exact) mass is 116 g/mol. The maximum Gasteiger partial charge on any atom is 0.0810 e. The molecule has 1 aliphatic heterocycles. The van der Waals surface area contributed by atoms with Gasteiger partial charge in [0.1, 0.15) is 0 Å². The molecule has 0 amide bonds. The third-order valence-electron chi connectivity index (χ3n) is 1.52. The van der Waals surface area contributed by atoms with Gasteiger partial charge in [-0.25, -0.2) is 0 Å². The zero-order valence-corrected chi connectivity index (χ0v) is 5.13. The molecule has 48 valence electrons. The number of hydrogen-bond acceptors (Lipinski definition) is 2. The first-order valence-electron chi connectivity index (χ1n) is 3.09. The lowest BCUT2D eigenvalue weighted by Crippen LogP contribution is -2.11. The van der Waals surface area contributed by atoms with Gasteiger partial charge >= 0.3 is 0 Å². The third kappa shape index (κ3) is 1.20. The van der Waals surface area contributed by atoms with E-state index in [0.717, 1.165) is 12.8 Å². The Labute approximate surface area is 49.5 Å². The van der Waals surface area contributed by atoms with Crippen molar-refractivity contribution in [3.05, 3.63) is 0 Å². The first-order valence-corrected chi connectivity index (χ1v) is 3.09. The summed E-state index contributed by atoms with van der Waals surface area (Å²) in [4.78, 5) is 0. The second-order valence-electron chi connectivity index (χ2n) is 2.33. The Morgan fingerprint density at radius 2 is 2.38 bits per heavy atom. The number of aliphatic hydroxyl groups excluding tert-OH is 1. The van der Waals surface area contributed by atoms with Gasteiger partial charge in [-0.05, 0) is 19.8 Å². The second kappa shape index (κ2) is 2.46. The van der Waals surface area contributed by atoms with Crippen LogP contribution in [-0.2, 0) is 4.74 Å². The van der Waals surface area contributed by atoms with Crippen LogP contribution in [0, 0.1) is 0 Å². The van der Waals surface area contributed by atoms with Crippen LogP contribution in [0.5, 0.6) is 0 Å². The standard InChI is InChI=1S/C6H12O2/c1-5-2-3-6(4-7)8-5/h5-7H,2-4H2,1H3/t5-,6+/m1/s1. The van der Waals surface area contributed by atoms with Crippen LogP contribution in [0.15, 0.2) is 0 Å². The van der Waals surface area contributed by atoms with Crippen LogP contribution in [0.2, 0.25) is 0 Å². The molecule has 2 atom stereocenters. The molecule has 0 aromatic heterocycles. The molecule has 1 saturated heterocycles. The zero-order chi connectivity index (χ0) is 5.98. The van der Waals surface area contributed by atoms with Crippen LogP contribution in [0.25, 0.3) is 0 Å². The van der Waals surface area contributed by atoms with Crippen molar-refractivity contribution in [3.8, 4) is 0 Å². The zero-order valence-electron chi connectivity index (χ0n) is 5.13. The maximum atomic E-state index is 8.56. The Morgan fingerprint density at radius 3 is 2.62 bits per heavy atom. The minimum atomic E-state index is 0.130. The molecule has 1 rings (SSSR count). The summed E-state index contributed by atoms with van der Waals surface area (Å²) in [7, 11) is 0. The normalized spacial score (nSPS) is 38.2. The molecule has 0 spiro atoms. The average molecular weight is 116 g/mol. The SMILES string of the molecule is C[C@@H]1CC[C@@H](CO)O1. The first-order chi connectivity index (χ1) is 3.83. The van der Waals surface area contributed by atoms with Gasteiger partial charge in [0, 0.05) is 0 Å². The smallest absolute Gasteiger partial charge is 0.0810 e. The highest BCUT2D eigenvalue weighted by Gasteiger charge is 2.19. The number of aliphatic hydroxyl groups is 1. The van der Waals surface area contributed by atoms with Gasteiger partial charge in [0.15, 0.2) is 0 Å². The average Bonchev–Trinajstić information content (AvgIpc) is 2.14. The summed E-state index contributed by atoms with van der Waals surface area (Å²) in [5, 5.41) is 8.56. The van der Waals surface area contributed by atoms with Crippen molar-refractivity contribution >= 4 is 0 Å². The molecule has 2 nitrogen and oxygen atoms in total. The van der Waals surface area contributed by atoms with E-state index in [1.165, 1.54) is 0 Å². The van der Waals surface area contributed by atoms with Crippen molar-refractivity contribution in [3.63, 3.8) is 0 Å². The number of rotatable bonds is 1. The van der Waals surface area contributed by atoms with E-state index in [-0.39, 0.29) is 12.7 Å². The molecular formula is C6H12O2. The lowest BCUT2D eigenvalue weighted by Gasteiger charge is -2.05. The molecule has 2 heteroatoms. The molecule has 0 bridgehead atoms. The summed E-state index contributed by atoms with van der Waals surface area (Å²) in [6, 6.07) is 0. The van der Waals surface area contributed by atoms with Gasteiger partial charge in [0.25, 0.3) is 0 Å². The minimum Gasteiger partial charge on any atom is -0.394 e. The Kier molecular flexibility index (Phi) is 1.86. The van der Waals surface area contributed by atoms with E-state index in [1.54, 1.807) is 0 Å². The van der Waals surface area contributed by atoms with Gasteiger partial charge in [0.05, 0.1) is 18.8 Å². The largest absolute Gasteiger partial charge is 0.394 e. The predicted octanol–water partition coefficient (Wildman–Crippen LogP) is 0.546. The van der Waals surface area contributed by atoms with Crippen LogP contribution in [0.3, 0.4) is 0 Å². The molecule has 0 aromatic rings. The van der Waals surface area contributed by atoms with Gasteiger partial charge in [-0.2, -0.15) is 0 Å². The van der Waals surface area contributed by atoms with Crippen LogP contribution in [0.1, 0.15) is 19.8 Å². The fourth-order valence-electron chi connectivity index (χ4n) is 1.02. The van der Waals surface area contributed by atoms with E-state index in [0.29, 0.717) is 6.10 Å². The topological polar surface area (TPSA) is 29.5 Å². The summed E-state index contributed by atoms with van der Waals surface area (Å²) in [5.41, 5.74) is 0. The summed E-state index contributed by atoms with van der Waals surface area (Å²) in [5.74, 6) is 0. The molecule has 0 radical (unpaired) electrons. The van der Waals surface area contributed by atoms with Crippen LogP contribution < -0.4 is 0 Å². The van der Waals surface area contributed by atoms with E-state index in [2.05, 4.69) is 0 Å². The van der Waals surface area contributed by atoms with Gasteiger partial charge in [-0.15, -0.1) is 0 Å². The van der Waals surface area contributed by atoms with Gasteiger partial charge in [-0.3, -0.25) is 0 Å². The van der Waals surface area contributed by atoms with Crippen molar-refractivity contribution in [2.75, 3.05) is 6.61 Å². The Bertz CT molecular complexity index is 72.9. The molecular weight excluding hydrogens is 104 g/mol. The molecule has 0 aliphatic carbocycles. The molecule has 1 fully saturated rings. The van der Waals surface area contributed by atoms with Crippen LogP contribution in [-0.4, -0.2) is 23.9 Å². The molecule has 0 saturated carbocycles. The molecule has 1 aliphatic rings. The number of ether oxygens (including phenoxy) is 1. The fourth-order valence-corrected chi connectivity index (χ4v) is 1.02. The third-order valence-corrected chi connectivity index (χ3v) is 1.52. The summed E-state index contributed by atoms with van der Waals surface area (Å²) in [6.45, 7) is 2.22. The lowest BCUT2D eigenvalue weighted by atomic mass is 10.2. The summed E-state index contributed by atoms with van der Waals surface area (Å²) < 4.78 is 5.26. The van der Waals surface area contributed by atoms with Crippen LogP contribution in [0.4, 0.5) is 0 Å². The van der Waals surface area contributed by atoms with E-state index >= 15 is 0 Å². The minimum absolute atomic E-state index is 0.130. The highest BCUT2D eigenvalue weighted by molar-refractivity contribution is 4.68. The van der Waals surface area contributed by atoms with Gasteiger partial charge < -0.3 is 9.84 Å². The number of hydrogen-bond donors (Lipinski definition) is 1. The maximum absolute atomic E-state index is 8.56. The van der Waals surface area contributed by atoms with Crippen molar-refractivity contribution in [1.29, 1.82) is 0 Å². The fraction of sp³-hybridized carbons (Fsp3) is 1.00. The molecule has 8 heavy (non-hydrogen) atoms. The predicted molar refractivity (Wildman–Crippen MR) is 30.7 cm³/mol.